The average Bonchev–Trinajstić information content (AvgIpc) is 2.71. The van der Waals surface area contributed by atoms with Gasteiger partial charge in [0.1, 0.15) is 0 Å². The van der Waals surface area contributed by atoms with Crippen LogP contribution in [-0.4, -0.2) is 29.9 Å². The zero-order valence-electron chi connectivity index (χ0n) is 12.4. The van der Waals surface area contributed by atoms with E-state index in [1.807, 2.05) is 0 Å². The fourth-order valence-electron chi connectivity index (χ4n) is 3.92. The predicted molar refractivity (Wildman–Crippen MR) is 78.8 cm³/mol. The molecule has 3 nitrogen and oxygen atoms in total. The van der Waals surface area contributed by atoms with Gasteiger partial charge in [-0.05, 0) is 44.6 Å². The van der Waals surface area contributed by atoms with Crippen LogP contribution in [0.4, 0.5) is 0 Å². The molecule has 1 heterocycles. The Morgan fingerprint density at radius 2 is 1.84 bits per heavy atom. The highest BCUT2D eigenvalue weighted by atomic mass is 16.2. The third kappa shape index (κ3) is 3.50. The molecule has 2 N–H and O–H groups in total. The molecular formula is C16H30N2O. The van der Waals surface area contributed by atoms with Gasteiger partial charge in [-0.1, -0.05) is 32.6 Å². The molecule has 0 aromatic rings. The van der Waals surface area contributed by atoms with Crippen LogP contribution < -0.4 is 5.73 Å². The van der Waals surface area contributed by atoms with Crippen LogP contribution in [0, 0.1) is 11.8 Å². The Labute approximate surface area is 117 Å². The van der Waals surface area contributed by atoms with Crippen molar-refractivity contribution >= 4 is 5.91 Å². The molecular weight excluding hydrogens is 236 g/mol. The van der Waals surface area contributed by atoms with Gasteiger partial charge in [0, 0.05) is 18.5 Å². The van der Waals surface area contributed by atoms with Gasteiger partial charge in [-0.2, -0.15) is 0 Å². The fraction of sp³-hybridized carbons (Fsp3) is 0.938. The number of amides is 1. The van der Waals surface area contributed by atoms with E-state index in [9.17, 15) is 4.79 Å². The summed E-state index contributed by atoms with van der Waals surface area (Å²) in [5, 5.41) is 0. The maximum atomic E-state index is 12.9. The first-order valence-electron chi connectivity index (χ1n) is 8.28. The molecule has 1 aliphatic heterocycles. The number of rotatable bonds is 3. The first-order chi connectivity index (χ1) is 9.27. The summed E-state index contributed by atoms with van der Waals surface area (Å²) in [6, 6.07) is 0.482. The predicted octanol–water partition coefficient (Wildman–Crippen LogP) is 2.93. The van der Waals surface area contributed by atoms with Crippen molar-refractivity contribution in [3.8, 4) is 0 Å². The quantitative estimate of drug-likeness (QED) is 0.853. The van der Waals surface area contributed by atoms with E-state index in [0.29, 0.717) is 24.4 Å². The van der Waals surface area contributed by atoms with Crippen LogP contribution in [0.25, 0.3) is 0 Å². The number of likely N-dealkylation sites (tertiary alicyclic amines) is 1. The molecule has 2 aliphatic rings. The van der Waals surface area contributed by atoms with Crippen LogP contribution in [-0.2, 0) is 4.79 Å². The van der Waals surface area contributed by atoms with Gasteiger partial charge in [-0.3, -0.25) is 4.79 Å². The van der Waals surface area contributed by atoms with Gasteiger partial charge in [0.05, 0.1) is 0 Å². The summed E-state index contributed by atoms with van der Waals surface area (Å²) in [6.07, 6.45) is 10.7. The summed E-state index contributed by atoms with van der Waals surface area (Å²) in [7, 11) is 0. The molecule has 0 aromatic heterocycles. The van der Waals surface area contributed by atoms with Gasteiger partial charge in [0.15, 0.2) is 0 Å². The molecule has 110 valence electrons. The Morgan fingerprint density at radius 1 is 1.11 bits per heavy atom. The van der Waals surface area contributed by atoms with Crippen molar-refractivity contribution in [2.75, 3.05) is 13.1 Å². The monoisotopic (exact) mass is 266 g/mol. The van der Waals surface area contributed by atoms with Crippen molar-refractivity contribution in [3.63, 3.8) is 0 Å². The van der Waals surface area contributed by atoms with E-state index < -0.39 is 0 Å². The standard InChI is InChI=1S/C16H30N2O/c1-2-14-9-4-3-7-11-18(14)16(19)15-10-6-5-8-13(15)12-17/h13-15H,2-12,17H2,1H3. The summed E-state index contributed by atoms with van der Waals surface area (Å²) in [6.45, 7) is 3.88. The lowest BCUT2D eigenvalue weighted by atomic mass is 9.78. The van der Waals surface area contributed by atoms with Crippen molar-refractivity contribution in [2.24, 2.45) is 17.6 Å². The Bertz CT molecular complexity index is 292. The van der Waals surface area contributed by atoms with Crippen LogP contribution >= 0.6 is 0 Å². The second-order valence-electron chi connectivity index (χ2n) is 6.33. The zero-order chi connectivity index (χ0) is 13.7. The van der Waals surface area contributed by atoms with Crippen LogP contribution in [0.15, 0.2) is 0 Å². The Morgan fingerprint density at radius 3 is 2.58 bits per heavy atom. The normalized spacial score (nSPS) is 32.9. The molecule has 1 aliphatic carbocycles. The number of hydrogen-bond acceptors (Lipinski definition) is 2. The molecule has 1 amide bonds. The van der Waals surface area contributed by atoms with Gasteiger partial charge in [0.2, 0.25) is 5.91 Å². The van der Waals surface area contributed by atoms with Gasteiger partial charge >= 0.3 is 0 Å². The van der Waals surface area contributed by atoms with Crippen molar-refractivity contribution in [1.82, 2.24) is 4.90 Å². The molecule has 3 heteroatoms. The average molecular weight is 266 g/mol. The molecule has 0 radical (unpaired) electrons. The third-order valence-corrected chi connectivity index (χ3v) is 5.16. The van der Waals surface area contributed by atoms with Gasteiger partial charge < -0.3 is 10.6 Å². The van der Waals surface area contributed by atoms with E-state index in [2.05, 4.69) is 11.8 Å². The molecule has 2 fully saturated rings. The summed E-state index contributed by atoms with van der Waals surface area (Å²) >= 11 is 0. The first-order valence-corrected chi connectivity index (χ1v) is 8.28. The van der Waals surface area contributed by atoms with Crippen LogP contribution in [0.5, 0.6) is 0 Å². The molecule has 1 saturated heterocycles. The highest BCUT2D eigenvalue weighted by molar-refractivity contribution is 5.79. The number of carbonyl (C=O) groups excluding carboxylic acids is 1. The second kappa shape index (κ2) is 7.28. The Hall–Kier alpha value is -0.570. The highest BCUT2D eigenvalue weighted by Gasteiger charge is 2.35. The van der Waals surface area contributed by atoms with Gasteiger partial charge in [0.25, 0.3) is 0 Å². The van der Waals surface area contributed by atoms with Crippen molar-refractivity contribution in [2.45, 2.75) is 70.8 Å². The number of nitrogens with zero attached hydrogens (tertiary/aromatic N) is 1. The SMILES string of the molecule is CCC1CCCCCN1C(=O)C1CCCCC1CN. The largest absolute Gasteiger partial charge is 0.339 e. The second-order valence-corrected chi connectivity index (χ2v) is 6.33. The topological polar surface area (TPSA) is 46.3 Å². The molecule has 19 heavy (non-hydrogen) atoms. The zero-order valence-corrected chi connectivity index (χ0v) is 12.4. The van der Waals surface area contributed by atoms with Crippen LogP contribution in [0.3, 0.4) is 0 Å². The molecule has 0 bridgehead atoms. The van der Waals surface area contributed by atoms with E-state index >= 15 is 0 Å². The minimum atomic E-state index is 0.214. The van der Waals surface area contributed by atoms with Crippen molar-refractivity contribution in [3.05, 3.63) is 0 Å². The van der Waals surface area contributed by atoms with Gasteiger partial charge in [-0.25, -0.2) is 0 Å². The number of carbonyl (C=O) groups is 1. The number of nitrogens with two attached hydrogens (primary N) is 1. The molecule has 3 atom stereocenters. The molecule has 1 saturated carbocycles. The maximum Gasteiger partial charge on any atom is 0.226 e. The van der Waals surface area contributed by atoms with Crippen LogP contribution in [0.2, 0.25) is 0 Å². The summed E-state index contributed by atoms with van der Waals surface area (Å²) in [5.41, 5.74) is 5.89. The third-order valence-electron chi connectivity index (χ3n) is 5.16. The summed E-state index contributed by atoms with van der Waals surface area (Å²) < 4.78 is 0. The van der Waals surface area contributed by atoms with Crippen molar-refractivity contribution < 1.29 is 4.79 Å². The van der Waals surface area contributed by atoms with Crippen molar-refractivity contribution in [1.29, 1.82) is 0 Å². The highest BCUT2D eigenvalue weighted by Crippen LogP contribution is 2.32. The molecule has 3 unspecified atom stereocenters. The lowest BCUT2D eigenvalue weighted by Gasteiger charge is -2.37. The molecule has 0 spiro atoms. The van der Waals surface area contributed by atoms with E-state index in [-0.39, 0.29) is 5.92 Å². The summed E-state index contributed by atoms with van der Waals surface area (Å²) in [5.74, 6) is 1.07. The van der Waals surface area contributed by atoms with E-state index in [4.69, 9.17) is 5.73 Å². The van der Waals surface area contributed by atoms with Gasteiger partial charge in [-0.15, -0.1) is 0 Å². The molecule has 0 aromatic carbocycles. The Kier molecular flexibility index (Phi) is 5.68. The lowest BCUT2D eigenvalue weighted by Crippen LogP contribution is -2.46. The Balaban J connectivity index is 2.06. The smallest absolute Gasteiger partial charge is 0.226 e. The number of hydrogen-bond donors (Lipinski definition) is 1. The summed E-state index contributed by atoms with van der Waals surface area (Å²) in [4.78, 5) is 15.1. The minimum absolute atomic E-state index is 0.214. The van der Waals surface area contributed by atoms with E-state index in [0.717, 1.165) is 25.8 Å². The molecule has 2 rings (SSSR count). The first kappa shape index (κ1) is 14.8. The van der Waals surface area contributed by atoms with E-state index in [1.165, 1.54) is 38.5 Å². The van der Waals surface area contributed by atoms with Crippen LogP contribution in [0.1, 0.15) is 64.7 Å². The maximum absolute atomic E-state index is 12.9. The van der Waals surface area contributed by atoms with E-state index in [1.54, 1.807) is 0 Å². The minimum Gasteiger partial charge on any atom is -0.339 e. The lowest BCUT2D eigenvalue weighted by molar-refractivity contribution is -0.140. The fourth-order valence-corrected chi connectivity index (χ4v) is 3.92.